The summed E-state index contributed by atoms with van der Waals surface area (Å²) in [7, 11) is 0. The predicted molar refractivity (Wildman–Crippen MR) is 105 cm³/mol. The largest absolute Gasteiger partial charge is 0.461 e. The molecule has 6 nitrogen and oxygen atoms in total. The number of fused-ring (bicyclic) bond motifs is 3. The second-order valence-electron chi connectivity index (χ2n) is 6.54. The lowest BCUT2D eigenvalue weighted by Gasteiger charge is -2.14. The molecule has 30 heavy (non-hydrogen) atoms. The Labute approximate surface area is 169 Å². The number of alkyl halides is 3. The fourth-order valence-corrected chi connectivity index (χ4v) is 3.15. The second-order valence-corrected chi connectivity index (χ2v) is 6.54. The summed E-state index contributed by atoms with van der Waals surface area (Å²) in [5.41, 5.74) is 0.421. The number of halogens is 3. The molecule has 1 aromatic carbocycles. The van der Waals surface area contributed by atoms with Gasteiger partial charge >= 0.3 is 12.1 Å². The Morgan fingerprint density at radius 3 is 2.60 bits per heavy atom. The number of nitrogens with one attached hydrogen (secondary N) is 1. The molecule has 0 aliphatic heterocycles. The molecule has 0 unspecified atom stereocenters. The minimum absolute atomic E-state index is 0.00218. The summed E-state index contributed by atoms with van der Waals surface area (Å²) in [4.78, 5) is 20.5. The normalized spacial score (nSPS) is 11.7. The Morgan fingerprint density at radius 2 is 1.90 bits per heavy atom. The molecule has 3 aromatic heterocycles. The number of pyridine rings is 2. The first-order valence-corrected chi connectivity index (χ1v) is 9.22. The van der Waals surface area contributed by atoms with Crippen molar-refractivity contribution in [1.82, 2.24) is 14.4 Å². The number of esters is 1. The minimum Gasteiger partial charge on any atom is -0.461 e. The highest BCUT2D eigenvalue weighted by Crippen LogP contribution is 2.36. The van der Waals surface area contributed by atoms with E-state index in [0.29, 0.717) is 12.2 Å². The van der Waals surface area contributed by atoms with Gasteiger partial charge in [0.25, 0.3) is 0 Å². The molecule has 4 aromatic rings. The standard InChI is InChI=1S/C21H17F3N4O2/c1-2-30-20(29)16-12-28-18(26-16)9-8-14-15(21(22,23)24)10-17(27-19(14)28)25-11-13-6-4-3-5-7-13/h3-10,12H,2,11H2,1H3,(H,25,27). The number of carbonyl (C=O) groups is 1. The highest BCUT2D eigenvalue weighted by molar-refractivity contribution is 5.90. The number of ether oxygens (including phenoxy) is 1. The molecule has 0 saturated heterocycles. The van der Waals surface area contributed by atoms with E-state index < -0.39 is 17.7 Å². The number of nitrogens with zero attached hydrogens (tertiary/aromatic N) is 3. The Kier molecular flexibility index (Phi) is 5.03. The van der Waals surface area contributed by atoms with Gasteiger partial charge in [0.1, 0.15) is 17.1 Å². The number of aromatic nitrogens is 3. The molecular weight excluding hydrogens is 397 g/mol. The molecule has 0 spiro atoms. The van der Waals surface area contributed by atoms with Gasteiger partial charge in [-0.1, -0.05) is 30.3 Å². The second kappa shape index (κ2) is 7.66. The summed E-state index contributed by atoms with van der Waals surface area (Å²) in [6, 6.07) is 13.0. The highest BCUT2D eigenvalue weighted by Gasteiger charge is 2.34. The Morgan fingerprint density at radius 1 is 1.13 bits per heavy atom. The Hall–Kier alpha value is -3.62. The van der Waals surface area contributed by atoms with Crippen molar-refractivity contribution >= 4 is 28.5 Å². The van der Waals surface area contributed by atoms with E-state index >= 15 is 0 Å². The minimum atomic E-state index is -4.58. The monoisotopic (exact) mass is 414 g/mol. The van der Waals surface area contributed by atoms with Crippen LogP contribution >= 0.6 is 0 Å². The van der Waals surface area contributed by atoms with E-state index in [4.69, 9.17) is 4.74 Å². The quantitative estimate of drug-likeness (QED) is 0.480. The smallest absolute Gasteiger partial charge is 0.417 e. The first kappa shape index (κ1) is 19.7. The summed E-state index contributed by atoms with van der Waals surface area (Å²) in [6.07, 6.45) is -3.24. The number of carbonyl (C=O) groups excluding carboxylic acids is 1. The molecule has 1 N–H and O–H groups in total. The van der Waals surface area contributed by atoms with Gasteiger partial charge in [-0.15, -0.1) is 0 Å². The maximum Gasteiger partial charge on any atom is 0.417 e. The third-order valence-corrected chi connectivity index (χ3v) is 4.51. The van der Waals surface area contributed by atoms with E-state index in [0.717, 1.165) is 11.6 Å². The maximum absolute atomic E-state index is 13.7. The first-order chi connectivity index (χ1) is 14.4. The van der Waals surface area contributed by atoms with Crippen LogP contribution in [-0.4, -0.2) is 26.9 Å². The van der Waals surface area contributed by atoms with Crippen LogP contribution in [0.3, 0.4) is 0 Å². The van der Waals surface area contributed by atoms with Crippen molar-refractivity contribution in [3.63, 3.8) is 0 Å². The molecule has 0 fully saturated rings. The molecule has 0 radical (unpaired) electrons. The zero-order valence-corrected chi connectivity index (χ0v) is 15.9. The van der Waals surface area contributed by atoms with Crippen LogP contribution < -0.4 is 5.32 Å². The fraction of sp³-hybridized carbons (Fsp3) is 0.190. The molecule has 154 valence electrons. The van der Waals surface area contributed by atoms with E-state index in [1.807, 2.05) is 30.3 Å². The van der Waals surface area contributed by atoms with E-state index in [1.54, 1.807) is 6.92 Å². The zero-order valence-electron chi connectivity index (χ0n) is 15.9. The van der Waals surface area contributed by atoms with Crippen molar-refractivity contribution in [2.45, 2.75) is 19.6 Å². The van der Waals surface area contributed by atoms with Crippen LogP contribution in [0.4, 0.5) is 19.0 Å². The summed E-state index contributed by atoms with van der Waals surface area (Å²) in [5.74, 6) is -0.582. The van der Waals surface area contributed by atoms with Gasteiger partial charge in [0.15, 0.2) is 5.69 Å². The highest BCUT2D eigenvalue weighted by atomic mass is 19.4. The van der Waals surface area contributed by atoms with Crippen LogP contribution in [0.15, 0.2) is 54.7 Å². The van der Waals surface area contributed by atoms with Crippen molar-refractivity contribution in [2.75, 3.05) is 11.9 Å². The van der Waals surface area contributed by atoms with Gasteiger partial charge in [-0.2, -0.15) is 13.2 Å². The summed E-state index contributed by atoms with van der Waals surface area (Å²) < 4.78 is 47.5. The Balaban J connectivity index is 1.84. The molecule has 0 saturated carbocycles. The molecule has 0 aliphatic rings. The topological polar surface area (TPSA) is 68.5 Å². The number of anilines is 1. The van der Waals surface area contributed by atoms with Gasteiger partial charge in [-0.05, 0) is 30.7 Å². The van der Waals surface area contributed by atoms with Crippen LogP contribution in [0.2, 0.25) is 0 Å². The van der Waals surface area contributed by atoms with Crippen LogP contribution in [-0.2, 0) is 17.5 Å². The maximum atomic E-state index is 13.7. The van der Waals surface area contributed by atoms with E-state index in [2.05, 4.69) is 15.3 Å². The predicted octanol–water partition coefficient (Wildman–Crippen LogP) is 4.69. The molecule has 0 atom stereocenters. The molecular formula is C21H17F3N4O2. The van der Waals surface area contributed by atoms with Crippen molar-refractivity contribution in [1.29, 1.82) is 0 Å². The van der Waals surface area contributed by atoms with Gasteiger partial charge < -0.3 is 10.1 Å². The number of benzene rings is 1. The van der Waals surface area contributed by atoms with Gasteiger partial charge in [0.2, 0.25) is 0 Å². The van der Waals surface area contributed by atoms with Gasteiger partial charge in [-0.25, -0.2) is 14.8 Å². The van der Waals surface area contributed by atoms with Crippen LogP contribution in [0.1, 0.15) is 28.5 Å². The number of hydrogen-bond acceptors (Lipinski definition) is 5. The molecule has 0 amide bonds. The summed E-state index contributed by atoms with van der Waals surface area (Å²) in [5, 5.41) is 2.85. The molecule has 0 aliphatic carbocycles. The van der Waals surface area contributed by atoms with E-state index in [-0.39, 0.29) is 29.2 Å². The number of hydrogen-bond donors (Lipinski definition) is 1. The van der Waals surface area contributed by atoms with Crippen LogP contribution in [0.25, 0.3) is 16.7 Å². The zero-order chi connectivity index (χ0) is 21.3. The van der Waals surface area contributed by atoms with Crippen molar-refractivity contribution in [3.8, 4) is 0 Å². The lowest BCUT2D eigenvalue weighted by Crippen LogP contribution is -2.10. The van der Waals surface area contributed by atoms with E-state index in [9.17, 15) is 18.0 Å². The molecule has 0 bridgehead atoms. The third-order valence-electron chi connectivity index (χ3n) is 4.51. The average molecular weight is 414 g/mol. The molecule has 9 heteroatoms. The van der Waals surface area contributed by atoms with Gasteiger partial charge in [0, 0.05) is 18.1 Å². The van der Waals surface area contributed by atoms with Gasteiger partial charge in [-0.3, -0.25) is 4.40 Å². The van der Waals surface area contributed by atoms with Crippen LogP contribution in [0, 0.1) is 0 Å². The third kappa shape index (κ3) is 3.78. The molecule has 3 heterocycles. The average Bonchev–Trinajstić information content (AvgIpc) is 3.17. The number of imidazole rings is 1. The Bertz CT molecular complexity index is 1220. The van der Waals surface area contributed by atoms with Crippen molar-refractivity contribution < 1.29 is 22.7 Å². The summed E-state index contributed by atoms with van der Waals surface area (Å²) >= 11 is 0. The lowest BCUT2D eigenvalue weighted by molar-refractivity contribution is -0.136. The first-order valence-electron chi connectivity index (χ1n) is 9.22. The summed E-state index contributed by atoms with van der Waals surface area (Å²) in [6.45, 7) is 2.13. The van der Waals surface area contributed by atoms with E-state index in [1.165, 1.54) is 22.7 Å². The fourth-order valence-electron chi connectivity index (χ4n) is 3.15. The van der Waals surface area contributed by atoms with Crippen molar-refractivity contribution in [2.24, 2.45) is 0 Å². The van der Waals surface area contributed by atoms with Crippen molar-refractivity contribution in [3.05, 3.63) is 71.5 Å². The molecule has 4 rings (SSSR count). The SMILES string of the molecule is CCOC(=O)c1cn2c(ccc3c(C(F)(F)F)cc(NCc4ccccc4)nc32)n1. The number of rotatable bonds is 5. The lowest BCUT2D eigenvalue weighted by atomic mass is 10.1. The van der Waals surface area contributed by atoms with Gasteiger partial charge in [0.05, 0.1) is 12.2 Å². The van der Waals surface area contributed by atoms with Crippen LogP contribution in [0.5, 0.6) is 0 Å².